The maximum Gasteiger partial charge on any atom is 0.224 e. The van der Waals surface area contributed by atoms with Gasteiger partial charge in [-0.05, 0) is 47.4 Å². The molecule has 2 aliphatic rings. The summed E-state index contributed by atoms with van der Waals surface area (Å²) in [6, 6.07) is 8.15. The van der Waals surface area contributed by atoms with Crippen LogP contribution in [0.5, 0.6) is 5.75 Å². The van der Waals surface area contributed by atoms with Crippen LogP contribution in [0.15, 0.2) is 24.3 Å². The quantitative estimate of drug-likeness (QED) is 0.681. The van der Waals surface area contributed by atoms with E-state index in [1.807, 2.05) is 23.1 Å². The van der Waals surface area contributed by atoms with Gasteiger partial charge in [-0.1, -0.05) is 12.1 Å². The second kappa shape index (κ2) is 9.99. The summed E-state index contributed by atoms with van der Waals surface area (Å²) < 4.78 is 12.5. The van der Waals surface area contributed by atoms with E-state index in [0.717, 1.165) is 69.2 Å². The van der Waals surface area contributed by atoms with Crippen molar-refractivity contribution in [3.05, 3.63) is 35.7 Å². The van der Waals surface area contributed by atoms with Crippen LogP contribution >= 0.6 is 0 Å². The number of nitrogens with zero attached hydrogens (tertiary/aromatic N) is 6. The number of methoxy groups -OCH3 is 1. The predicted molar refractivity (Wildman–Crippen MR) is 110 cm³/mol. The highest BCUT2D eigenvalue weighted by atomic mass is 16.5. The summed E-state index contributed by atoms with van der Waals surface area (Å²) in [7, 11) is 1.67. The lowest BCUT2D eigenvalue weighted by molar-refractivity contribution is -0.135. The zero-order valence-corrected chi connectivity index (χ0v) is 17.6. The highest BCUT2D eigenvalue weighted by Gasteiger charge is 2.28. The molecule has 0 bridgehead atoms. The third-order valence-corrected chi connectivity index (χ3v) is 5.91. The van der Waals surface area contributed by atoms with E-state index in [1.165, 1.54) is 0 Å². The number of likely N-dealkylation sites (tertiary alicyclic amines) is 1. The fourth-order valence-corrected chi connectivity index (χ4v) is 4.24. The first-order chi connectivity index (χ1) is 14.7. The van der Waals surface area contributed by atoms with Crippen LogP contribution in [-0.4, -0.2) is 75.9 Å². The van der Waals surface area contributed by atoms with Gasteiger partial charge in [-0.25, -0.2) is 4.68 Å². The lowest BCUT2D eigenvalue weighted by Gasteiger charge is -2.36. The second-order valence-electron chi connectivity index (χ2n) is 7.83. The van der Waals surface area contributed by atoms with Crippen molar-refractivity contribution in [2.75, 3.05) is 40.0 Å². The van der Waals surface area contributed by atoms with Gasteiger partial charge in [0.1, 0.15) is 5.75 Å². The number of aromatic nitrogens is 4. The topological polar surface area (TPSA) is 85.6 Å². The number of hydrogen-bond acceptors (Lipinski definition) is 7. The molecule has 3 heterocycles. The molecule has 1 atom stereocenters. The maximum atomic E-state index is 13.1. The van der Waals surface area contributed by atoms with Gasteiger partial charge in [-0.3, -0.25) is 9.69 Å². The molecule has 1 aromatic heterocycles. The molecule has 2 aromatic rings. The molecule has 1 aromatic carbocycles. The van der Waals surface area contributed by atoms with Crippen molar-refractivity contribution in [2.24, 2.45) is 0 Å². The van der Waals surface area contributed by atoms with Gasteiger partial charge < -0.3 is 14.4 Å². The van der Waals surface area contributed by atoms with Crippen molar-refractivity contribution in [3.63, 3.8) is 0 Å². The van der Waals surface area contributed by atoms with Gasteiger partial charge in [0.05, 0.1) is 39.5 Å². The Hall–Kier alpha value is -2.52. The molecule has 0 spiro atoms. The van der Waals surface area contributed by atoms with E-state index in [4.69, 9.17) is 9.47 Å². The molecule has 9 nitrogen and oxygen atoms in total. The zero-order valence-electron chi connectivity index (χ0n) is 17.6. The van der Waals surface area contributed by atoms with Crippen molar-refractivity contribution in [1.29, 1.82) is 0 Å². The van der Waals surface area contributed by atoms with E-state index >= 15 is 0 Å². The van der Waals surface area contributed by atoms with Crippen molar-refractivity contribution in [3.8, 4) is 5.75 Å². The lowest BCUT2D eigenvalue weighted by Crippen LogP contribution is -2.39. The van der Waals surface area contributed by atoms with Crippen LogP contribution in [0.3, 0.4) is 0 Å². The number of tetrazole rings is 1. The van der Waals surface area contributed by atoms with Crippen LogP contribution in [0.1, 0.15) is 43.1 Å². The van der Waals surface area contributed by atoms with E-state index in [1.54, 1.807) is 11.8 Å². The van der Waals surface area contributed by atoms with Crippen LogP contribution in [0, 0.1) is 0 Å². The number of aryl methyl sites for hydroxylation is 1. The summed E-state index contributed by atoms with van der Waals surface area (Å²) in [6.07, 6.45) is 3.54. The number of ether oxygens (including phenoxy) is 2. The Morgan fingerprint density at radius 3 is 2.93 bits per heavy atom. The first-order valence-corrected chi connectivity index (χ1v) is 10.7. The van der Waals surface area contributed by atoms with Crippen molar-refractivity contribution in [2.45, 2.75) is 44.8 Å². The summed E-state index contributed by atoms with van der Waals surface area (Å²) in [5.74, 6) is 1.77. The molecule has 1 amide bonds. The first-order valence-electron chi connectivity index (χ1n) is 10.7. The number of morpholine rings is 1. The zero-order chi connectivity index (χ0) is 20.8. The number of carbonyl (C=O) groups is 1. The Balaban J connectivity index is 1.38. The monoisotopic (exact) mass is 414 g/mol. The van der Waals surface area contributed by atoms with E-state index < -0.39 is 0 Å². The fraction of sp³-hybridized carbons (Fsp3) is 0.619. The van der Waals surface area contributed by atoms with Crippen LogP contribution in [0.2, 0.25) is 0 Å². The summed E-state index contributed by atoms with van der Waals surface area (Å²) in [6.45, 7) is 5.19. The SMILES string of the molecule is COc1cccc(C2CCCCN2C(=O)CCn2nnnc2CN2CCOCC2)c1. The minimum atomic E-state index is 0.100. The summed E-state index contributed by atoms with van der Waals surface area (Å²) in [4.78, 5) is 17.4. The van der Waals surface area contributed by atoms with Gasteiger partial charge in [0, 0.05) is 26.1 Å². The van der Waals surface area contributed by atoms with E-state index in [9.17, 15) is 4.79 Å². The van der Waals surface area contributed by atoms with E-state index in [2.05, 4.69) is 26.5 Å². The molecule has 30 heavy (non-hydrogen) atoms. The fourth-order valence-electron chi connectivity index (χ4n) is 4.24. The molecule has 4 rings (SSSR count). The summed E-state index contributed by atoms with van der Waals surface area (Å²) in [5, 5.41) is 12.1. The largest absolute Gasteiger partial charge is 0.497 e. The Bertz CT molecular complexity index is 836. The molecule has 0 saturated carbocycles. The number of hydrogen-bond donors (Lipinski definition) is 0. The summed E-state index contributed by atoms with van der Waals surface area (Å²) >= 11 is 0. The van der Waals surface area contributed by atoms with Crippen LogP contribution < -0.4 is 4.74 Å². The number of benzene rings is 1. The van der Waals surface area contributed by atoms with Crippen molar-refractivity contribution < 1.29 is 14.3 Å². The molecule has 9 heteroatoms. The third kappa shape index (κ3) is 4.96. The van der Waals surface area contributed by atoms with E-state index in [0.29, 0.717) is 19.5 Å². The number of carbonyl (C=O) groups excluding carboxylic acids is 1. The average Bonchev–Trinajstić information content (AvgIpc) is 3.25. The van der Waals surface area contributed by atoms with Crippen LogP contribution in [-0.2, 0) is 22.6 Å². The third-order valence-electron chi connectivity index (χ3n) is 5.91. The highest BCUT2D eigenvalue weighted by Crippen LogP contribution is 2.33. The van der Waals surface area contributed by atoms with Gasteiger partial charge >= 0.3 is 0 Å². The Labute approximate surface area is 176 Å². The molecular weight excluding hydrogens is 384 g/mol. The molecule has 2 fully saturated rings. The normalized spacial score (nSPS) is 20.3. The van der Waals surface area contributed by atoms with Gasteiger partial charge in [-0.2, -0.15) is 0 Å². The van der Waals surface area contributed by atoms with Gasteiger partial charge in [0.2, 0.25) is 5.91 Å². The maximum absolute atomic E-state index is 13.1. The predicted octanol–water partition coefficient (Wildman–Crippen LogP) is 1.66. The molecule has 162 valence electrons. The van der Waals surface area contributed by atoms with E-state index in [-0.39, 0.29) is 11.9 Å². The number of amides is 1. The molecule has 1 unspecified atom stereocenters. The number of piperidine rings is 1. The Kier molecular flexibility index (Phi) is 6.91. The highest BCUT2D eigenvalue weighted by molar-refractivity contribution is 5.76. The average molecular weight is 415 g/mol. The molecule has 2 saturated heterocycles. The molecular formula is C21H30N6O3. The van der Waals surface area contributed by atoms with Crippen molar-refractivity contribution in [1.82, 2.24) is 30.0 Å². The Morgan fingerprint density at radius 2 is 2.10 bits per heavy atom. The standard InChI is InChI=1S/C21H30N6O3/c1-29-18-6-4-5-17(15-18)19-7-2-3-9-26(19)21(28)8-10-27-20(22-23-24-27)16-25-11-13-30-14-12-25/h4-6,15,19H,2-3,7-14,16H2,1H3. The minimum absolute atomic E-state index is 0.100. The van der Waals surface area contributed by atoms with Gasteiger partial charge in [0.25, 0.3) is 0 Å². The van der Waals surface area contributed by atoms with Gasteiger partial charge in [0.15, 0.2) is 5.82 Å². The molecule has 0 aliphatic carbocycles. The smallest absolute Gasteiger partial charge is 0.224 e. The summed E-state index contributed by atoms with van der Waals surface area (Å²) in [5.41, 5.74) is 1.14. The first kappa shape index (κ1) is 20.7. The Morgan fingerprint density at radius 1 is 1.23 bits per heavy atom. The van der Waals surface area contributed by atoms with Crippen LogP contribution in [0.25, 0.3) is 0 Å². The lowest BCUT2D eigenvalue weighted by atomic mass is 9.94. The second-order valence-corrected chi connectivity index (χ2v) is 7.83. The molecule has 2 aliphatic heterocycles. The van der Waals surface area contributed by atoms with Gasteiger partial charge in [-0.15, -0.1) is 5.10 Å². The number of rotatable bonds is 7. The van der Waals surface area contributed by atoms with Crippen LogP contribution in [0.4, 0.5) is 0 Å². The van der Waals surface area contributed by atoms with Crippen molar-refractivity contribution >= 4 is 5.91 Å². The minimum Gasteiger partial charge on any atom is -0.497 e. The molecule has 0 radical (unpaired) electrons. The molecule has 0 N–H and O–H groups in total.